The zero-order chi connectivity index (χ0) is 8.77. The summed E-state index contributed by atoms with van der Waals surface area (Å²) in [6.07, 6.45) is 1.38. The van der Waals surface area contributed by atoms with Crippen LogP contribution in [0.5, 0.6) is 0 Å². The number of aliphatic hydroxyl groups is 1. The van der Waals surface area contributed by atoms with E-state index in [1.165, 1.54) is 6.07 Å². The molecule has 0 aliphatic heterocycles. The van der Waals surface area contributed by atoms with Gasteiger partial charge in [0.1, 0.15) is 5.82 Å². The molecule has 12 heavy (non-hydrogen) atoms. The monoisotopic (exact) mass is 166 g/mol. The summed E-state index contributed by atoms with van der Waals surface area (Å²) in [5.41, 5.74) is 0.602. The Hall–Kier alpha value is -0.890. The van der Waals surface area contributed by atoms with Gasteiger partial charge in [-0.1, -0.05) is 17.7 Å². The minimum absolute atomic E-state index is 0.291. The van der Waals surface area contributed by atoms with E-state index in [-0.39, 0.29) is 5.82 Å². The fraction of sp³-hybridized carbons (Fsp3) is 0.400. The predicted molar refractivity (Wildman–Crippen MR) is 44.3 cm³/mol. The molecule has 0 radical (unpaired) electrons. The van der Waals surface area contributed by atoms with Gasteiger partial charge in [-0.05, 0) is 25.8 Å². The van der Waals surface area contributed by atoms with Crippen LogP contribution in [-0.4, -0.2) is 5.11 Å². The highest BCUT2D eigenvalue weighted by Gasteiger charge is 2.43. The Bertz CT molecular complexity index is 316. The molecule has 1 aliphatic rings. The van der Waals surface area contributed by atoms with E-state index >= 15 is 0 Å². The van der Waals surface area contributed by atoms with Crippen molar-refractivity contribution >= 4 is 0 Å². The summed E-state index contributed by atoms with van der Waals surface area (Å²) in [5, 5.41) is 9.67. The third kappa shape index (κ3) is 1.12. The number of aryl methyl sites for hydroxylation is 1. The number of hydrogen-bond acceptors (Lipinski definition) is 1. The molecule has 1 nitrogen and oxygen atoms in total. The lowest BCUT2D eigenvalue weighted by Gasteiger charge is -2.09. The Morgan fingerprint density at radius 3 is 2.67 bits per heavy atom. The van der Waals surface area contributed by atoms with Crippen LogP contribution in [0.1, 0.15) is 24.0 Å². The van der Waals surface area contributed by atoms with E-state index in [1.54, 1.807) is 12.1 Å². The summed E-state index contributed by atoms with van der Waals surface area (Å²) in [6.45, 7) is 1.90. The van der Waals surface area contributed by atoms with E-state index in [0.717, 1.165) is 5.56 Å². The number of benzene rings is 1. The average molecular weight is 166 g/mol. The number of hydrogen-bond donors (Lipinski definition) is 1. The van der Waals surface area contributed by atoms with Crippen molar-refractivity contribution in [1.29, 1.82) is 0 Å². The maximum absolute atomic E-state index is 13.1. The van der Waals surface area contributed by atoms with Gasteiger partial charge in [-0.3, -0.25) is 0 Å². The standard InChI is InChI=1S/C10H11FO/c1-7-2-3-9(11)8(6-7)10(12)4-5-10/h2-3,6,12H,4-5H2,1H3. The highest BCUT2D eigenvalue weighted by atomic mass is 19.1. The minimum atomic E-state index is -0.851. The van der Waals surface area contributed by atoms with Crippen LogP contribution < -0.4 is 0 Å². The molecule has 1 aromatic carbocycles. The smallest absolute Gasteiger partial charge is 0.129 e. The zero-order valence-electron chi connectivity index (χ0n) is 6.97. The summed E-state index contributed by atoms with van der Waals surface area (Å²) in [7, 11) is 0. The van der Waals surface area contributed by atoms with Crippen LogP contribution in [0.25, 0.3) is 0 Å². The molecular weight excluding hydrogens is 155 g/mol. The van der Waals surface area contributed by atoms with Crippen LogP contribution in [-0.2, 0) is 5.60 Å². The molecular formula is C10H11FO. The predicted octanol–water partition coefficient (Wildman–Crippen LogP) is 2.12. The van der Waals surface area contributed by atoms with Crippen molar-refractivity contribution in [2.75, 3.05) is 0 Å². The Labute approximate surface area is 70.8 Å². The third-order valence-electron chi connectivity index (χ3n) is 2.35. The van der Waals surface area contributed by atoms with Crippen LogP contribution >= 0.6 is 0 Å². The second-order valence-corrected chi connectivity index (χ2v) is 3.51. The molecule has 1 aromatic rings. The summed E-state index contributed by atoms with van der Waals surface area (Å²) in [4.78, 5) is 0. The van der Waals surface area contributed by atoms with E-state index in [0.29, 0.717) is 18.4 Å². The largest absolute Gasteiger partial charge is 0.385 e. The van der Waals surface area contributed by atoms with Gasteiger partial charge in [-0.2, -0.15) is 0 Å². The Kier molecular flexibility index (Phi) is 1.48. The van der Waals surface area contributed by atoms with Gasteiger partial charge in [-0.25, -0.2) is 4.39 Å². The second kappa shape index (κ2) is 2.30. The van der Waals surface area contributed by atoms with Crippen LogP contribution in [0.15, 0.2) is 18.2 Å². The highest BCUT2D eigenvalue weighted by Crippen LogP contribution is 2.46. The first-order valence-corrected chi connectivity index (χ1v) is 4.11. The molecule has 0 heterocycles. The number of halogens is 1. The summed E-state index contributed by atoms with van der Waals surface area (Å²) < 4.78 is 13.1. The molecule has 0 saturated heterocycles. The molecule has 64 valence electrons. The van der Waals surface area contributed by atoms with Gasteiger partial charge >= 0.3 is 0 Å². The molecule has 0 unspecified atom stereocenters. The fourth-order valence-corrected chi connectivity index (χ4v) is 1.38. The van der Waals surface area contributed by atoms with E-state index in [9.17, 15) is 9.50 Å². The van der Waals surface area contributed by atoms with Crippen molar-refractivity contribution in [3.8, 4) is 0 Å². The molecule has 1 N–H and O–H groups in total. The van der Waals surface area contributed by atoms with Gasteiger partial charge in [0.2, 0.25) is 0 Å². The normalized spacial score (nSPS) is 19.2. The molecule has 1 saturated carbocycles. The Balaban J connectivity index is 2.48. The van der Waals surface area contributed by atoms with Crippen LogP contribution in [0.4, 0.5) is 4.39 Å². The molecule has 2 rings (SSSR count). The van der Waals surface area contributed by atoms with Crippen molar-refractivity contribution in [1.82, 2.24) is 0 Å². The van der Waals surface area contributed by atoms with Gasteiger partial charge in [0.15, 0.2) is 0 Å². The van der Waals surface area contributed by atoms with E-state index in [4.69, 9.17) is 0 Å². The fourth-order valence-electron chi connectivity index (χ4n) is 1.38. The van der Waals surface area contributed by atoms with Gasteiger partial charge in [0, 0.05) is 5.56 Å². The Morgan fingerprint density at radius 2 is 2.08 bits per heavy atom. The first-order valence-electron chi connectivity index (χ1n) is 4.11. The van der Waals surface area contributed by atoms with E-state index in [1.807, 2.05) is 6.92 Å². The lowest BCUT2D eigenvalue weighted by Crippen LogP contribution is -2.07. The van der Waals surface area contributed by atoms with Gasteiger partial charge < -0.3 is 5.11 Å². The van der Waals surface area contributed by atoms with Crippen molar-refractivity contribution < 1.29 is 9.50 Å². The van der Waals surface area contributed by atoms with E-state index < -0.39 is 5.60 Å². The molecule has 2 heteroatoms. The Morgan fingerprint density at radius 1 is 1.42 bits per heavy atom. The van der Waals surface area contributed by atoms with Crippen molar-refractivity contribution in [3.05, 3.63) is 35.1 Å². The quantitative estimate of drug-likeness (QED) is 0.677. The van der Waals surface area contributed by atoms with Crippen LogP contribution in [0.3, 0.4) is 0 Å². The second-order valence-electron chi connectivity index (χ2n) is 3.51. The third-order valence-corrected chi connectivity index (χ3v) is 2.35. The maximum atomic E-state index is 13.1. The summed E-state index contributed by atoms with van der Waals surface area (Å²) >= 11 is 0. The van der Waals surface area contributed by atoms with Crippen molar-refractivity contribution in [2.24, 2.45) is 0 Å². The summed E-state index contributed by atoms with van der Waals surface area (Å²) in [5.74, 6) is -0.291. The average Bonchev–Trinajstić information content (AvgIpc) is 2.75. The lowest BCUT2D eigenvalue weighted by atomic mass is 10.0. The SMILES string of the molecule is Cc1ccc(F)c(C2(O)CC2)c1. The van der Waals surface area contributed by atoms with E-state index in [2.05, 4.69) is 0 Å². The first-order chi connectivity index (χ1) is 5.62. The van der Waals surface area contributed by atoms with Crippen molar-refractivity contribution in [3.63, 3.8) is 0 Å². The molecule has 1 fully saturated rings. The molecule has 0 spiro atoms. The number of rotatable bonds is 1. The molecule has 0 aromatic heterocycles. The summed E-state index contributed by atoms with van der Waals surface area (Å²) in [6, 6.07) is 4.86. The zero-order valence-corrected chi connectivity index (χ0v) is 6.97. The highest BCUT2D eigenvalue weighted by molar-refractivity contribution is 5.32. The molecule has 0 amide bonds. The van der Waals surface area contributed by atoms with Crippen LogP contribution in [0, 0.1) is 12.7 Å². The molecule has 0 atom stereocenters. The van der Waals surface area contributed by atoms with Gasteiger partial charge in [0.25, 0.3) is 0 Å². The molecule has 1 aliphatic carbocycles. The minimum Gasteiger partial charge on any atom is -0.385 e. The molecule has 0 bridgehead atoms. The van der Waals surface area contributed by atoms with Gasteiger partial charge in [0.05, 0.1) is 5.60 Å². The van der Waals surface area contributed by atoms with Crippen LogP contribution in [0.2, 0.25) is 0 Å². The van der Waals surface area contributed by atoms with Crippen molar-refractivity contribution in [2.45, 2.75) is 25.4 Å². The first kappa shape index (κ1) is 7.74. The lowest BCUT2D eigenvalue weighted by molar-refractivity contribution is 0.146. The van der Waals surface area contributed by atoms with Gasteiger partial charge in [-0.15, -0.1) is 0 Å². The topological polar surface area (TPSA) is 20.2 Å². The maximum Gasteiger partial charge on any atom is 0.129 e.